The highest BCUT2D eigenvalue weighted by Gasteiger charge is 2.23. The summed E-state index contributed by atoms with van der Waals surface area (Å²) < 4.78 is 28.4. The molecule has 0 aliphatic heterocycles. The van der Waals surface area contributed by atoms with Crippen LogP contribution in [0, 0.1) is 0 Å². The van der Waals surface area contributed by atoms with Gasteiger partial charge in [0, 0.05) is 0 Å². The monoisotopic (exact) mass is 372 g/mol. The maximum Gasteiger partial charge on any atom is 0.241 e. The first kappa shape index (κ1) is 17.5. The number of halogens is 1. The van der Waals surface area contributed by atoms with Crippen LogP contribution in [-0.2, 0) is 10.0 Å². The molecule has 4 nitrogen and oxygen atoms in total. The zero-order chi connectivity index (χ0) is 17.9. The Labute approximate surface area is 152 Å². The molecule has 0 radical (unpaired) electrons. The van der Waals surface area contributed by atoms with E-state index < -0.39 is 16.1 Å². The molecule has 3 aromatic carbocycles. The van der Waals surface area contributed by atoms with Crippen LogP contribution in [-0.4, -0.2) is 8.42 Å². The molecule has 0 saturated carbocycles. The fourth-order valence-electron chi connectivity index (χ4n) is 2.53. The lowest BCUT2D eigenvalue weighted by Gasteiger charge is -2.20. The van der Waals surface area contributed by atoms with Crippen LogP contribution in [0.5, 0.6) is 0 Å². The van der Waals surface area contributed by atoms with Gasteiger partial charge in [0.25, 0.3) is 0 Å². The third kappa shape index (κ3) is 4.02. The number of sulfonamides is 1. The number of nitrogens with two attached hydrogens (primary N) is 1. The van der Waals surface area contributed by atoms with E-state index in [1.165, 1.54) is 18.2 Å². The average Bonchev–Trinajstić information content (AvgIpc) is 2.63. The number of rotatable bonds is 5. The number of anilines is 1. The molecule has 0 fully saturated rings. The van der Waals surface area contributed by atoms with E-state index in [1.54, 1.807) is 0 Å². The van der Waals surface area contributed by atoms with Gasteiger partial charge in [-0.2, -0.15) is 4.72 Å². The molecular weight excluding hydrogens is 356 g/mol. The van der Waals surface area contributed by atoms with Crippen LogP contribution in [0.2, 0.25) is 5.02 Å². The standard InChI is InChI=1S/C19H17ClN2O2S/c20-17-12-11-16(13-18(17)21)25(23,24)22-19(14-7-3-1-4-8-14)15-9-5-2-6-10-15/h1-13,19,22H,21H2. The Hall–Kier alpha value is -2.34. The third-order valence-corrected chi connectivity index (χ3v) is 5.58. The zero-order valence-corrected chi connectivity index (χ0v) is 14.8. The summed E-state index contributed by atoms with van der Waals surface area (Å²) in [6, 6.07) is 22.6. The van der Waals surface area contributed by atoms with Crippen molar-refractivity contribution in [3.63, 3.8) is 0 Å². The van der Waals surface area contributed by atoms with E-state index in [2.05, 4.69) is 4.72 Å². The van der Waals surface area contributed by atoms with E-state index in [1.807, 2.05) is 60.7 Å². The largest absolute Gasteiger partial charge is 0.397 e. The van der Waals surface area contributed by atoms with Crippen molar-refractivity contribution in [2.45, 2.75) is 10.9 Å². The molecule has 0 aliphatic carbocycles. The van der Waals surface area contributed by atoms with Crippen molar-refractivity contribution < 1.29 is 8.42 Å². The third-order valence-electron chi connectivity index (χ3n) is 3.82. The van der Waals surface area contributed by atoms with Crippen molar-refractivity contribution in [1.82, 2.24) is 4.72 Å². The van der Waals surface area contributed by atoms with Gasteiger partial charge in [-0.25, -0.2) is 8.42 Å². The second-order valence-electron chi connectivity index (χ2n) is 5.56. The minimum Gasteiger partial charge on any atom is -0.397 e. The fraction of sp³-hybridized carbons (Fsp3) is 0.0526. The molecule has 0 atom stereocenters. The topological polar surface area (TPSA) is 72.2 Å². The molecule has 0 heterocycles. The molecule has 128 valence electrons. The van der Waals surface area contributed by atoms with Gasteiger partial charge in [0.05, 0.1) is 21.6 Å². The van der Waals surface area contributed by atoms with E-state index in [0.29, 0.717) is 5.02 Å². The molecule has 25 heavy (non-hydrogen) atoms. The summed E-state index contributed by atoms with van der Waals surface area (Å²) in [5.41, 5.74) is 7.66. The Kier molecular flexibility index (Phi) is 5.08. The number of benzene rings is 3. The van der Waals surface area contributed by atoms with Crippen molar-refractivity contribution in [2.75, 3.05) is 5.73 Å². The van der Waals surface area contributed by atoms with Crippen LogP contribution in [0.3, 0.4) is 0 Å². The summed E-state index contributed by atoms with van der Waals surface area (Å²) in [7, 11) is -3.78. The van der Waals surface area contributed by atoms with E-state index in [9.17, 15) is 8.42 Å². The molecule has 0 spiro atoms. The van der Waals surface area contributed by atoms with Crippen molar-refractivity contribution >= 4 is 27.3 Å². The lowest BCUT2D eigenvalue weighted by Crippen LogP contribution is -2.29. The zero-order valence-electron chi connectivity index (χ0n) is 13.3. The Morgan fingerprint density at radius 1 is 0.840 bits per heavy atom. The number of hydrogen-bond donors (Lipinski definition) is 2. The lowest BCUT2D eigenvalue weighted by atomic mass is 10.00. The Bertz CT molecular complexity index is 922. The van der Waals surface area contributed by atoms with Crippen LogP contribution >= 0.6 is 11.6 Å². The number of hydrogen-bond acceptors (Lipinski definition) is 3. The Morgan fingerprint density at radius 2 is 1.36 bits per heavy atom. The second kappa shape index (κ2) is 7.27. The van der Waals surface area contributed by atoms with Crippen molar-refractivity contribution in [2.24, 2.45) is 0 Å². The van der Waals surface area contributed by atoms with Gasteiger partial charge in [0.1, 0.15) is 0 Å². The van der Waals surface area contributed by atoms with Gasteiger partial charge in [-0.15, -0.1) is 0 Å². The summed E-state index contributed by atoms with van der Waals surface area (Å²) in [6.45, 7) is 0. The minimum absolute atomic E-state index is 0.0752. The number of nitrogen functional groups attached to an aromatic ring is 1. The minimum atomic E-state index is -3.78. The van der Waals surface area contributed by atoms with Crippen molar-refractivity contribution in [1.29, 1.82) is 0 Å². The molecule has 0 saturated heterocycles. The molecule has 6 heteroatoms. The van der Waals surface area contributed by atoms with Crippen LogP contribution in [0.15, 0.2) is 83.8 Å². The molecule has 0 unspecified atom stereocenters. The molecule has 3 aromatic rings. The van der Waals surface area contributed by atoms with Gasteiger partial charge >= 0.3 is 0 Å². The highest BCUT2D eigenvalue weighted by atomic mass is 35.5. The first-order valence-corrected chi connectivity index (χ1v) is 9.51. The lowest BCUT2D eigenvalue weighted by molar-refractivity contribution is 0.572. The van der Waals surface area contributed by atoms with E-state index in [4.69, 9.17) is 17.3 Å². The molecule has 3 rings (SSSR count). The highest BCUT2D eigenvalue weighted by molar-refractivity contribution is 7.89. The van der Waals surface area contributed by atoms with Crippen LogP contribution in [0.1, 0.15) is 17.2 Å². The summed E-state index contributed by atoms with van der Waals surface area (Å²) in [6.07, 6.45) is 0. The Balaban J connectivity index is 2.01. The summed E-state index contributed by atoms with van der Waals surface area (Å²) >= 11 is 5.89. The normalized spacial score (nSPS) is 11.6. The van der Waals surface area contributed by atoms with E-state index >= 15 is 0 Å². The predicted octanol–water partition coefficient (Wildman–Crippen LogP) is 3.99. The fourth-order valence-corrected chi connectivity index (χ4v) is 3.90. The molecule has 3 N–H and O–H groups in total. The first-order chi connectivity index (χ1) is 12.0. The van der Waals surface area contributed by atoms with Gasteiger partial charge < -0.3 is 5.73 Å². The quantitative estimate of drug-likeness (QED) is 0.665. The molecule has 0 bridgehead atoms. The van der Waals surface area contributed by atoms with Crippen molar-refractivity contribution in [3.8, 4) is 0 Å². The maximum absolute atomic E-state index is 12.8. The highest BCUT2D eigenvalue weighted by Crippen LogP contribution is 2.26. The SMILES string of the molecule is Nc1cc(S(=O)(=O)NC(c2ccccc2)c2ccccc2)ccc1Cl. The number of nitrogens with one attached hydrogen (secondary N) is 1. The molecule has 0 aliphatic rings. The van der Waals surface area contributed by atoms with Gasteiger partial charge in [-0.3, -0.25) is 0 Å². The van der Waals surface area contributed by atoms with Gasteiger partial charge in [0.15, 0.2) is 0 Å². The first-order valence-electron chi connectivity index (χ1n) is 7.64. The predicted molar refractivity (Wildman–Crippen MR) is 101 cm³/mol. The Morgan fingerprint density at radius 3 is 1.84 bits per heavy atom. The van der Waals surface area contributed by atoms with Crippen LogP contribution in [0.4, 0.5) is 5.69 Å². The van der Waals surface area contributed by atoms with E-state index in [-0.39, 0.29) is 10.6 Å². The maximum atomic E-state index is 12.8. The molecule has 0 amide bonds. The van der Waals surface area contributed by atoms with Crippen LogP contribution < -0.4 is 10.5 Å². The average molecular weight is 373 g/mol. The molecular formula is C19H17ClN2O2S. The van der Waals surface area contributed by atoms with E-state index in [0.717, 1.165) is 11.1 Å². The van der Waals surface area contributed by atoms with Gasteiger partial charge in [-0.05, 0) is 29.3 Å². The summed E-state index contributed by atoms with van der Waals surface area (Å²) in [5.74, 6) is 0. The summed E-state index contributed by atoms with van der Waals surface area (Å²) in [4.78, 5) is 0.0752. The van der Waals surface area contributed by atoms with Gasteiger partial charge in [0.2, 0.25) is 10.0 Å². The van der Waals surface area contributed by atoms with Gasteiger partial charge in [-0.1, -0.05) is 72.3 Å². The molecule has 0 aromatic heterocycles. The smallest absolute Gasteiger partial charge is 0.241 e. The van der Waals surface area contributed by atoms with Crippen LogP contribution in [0.25, 0.3) is 0 Å². The second-order valence-corrected chi connectivity index (χ2v) is 7.68. The van der Waals surface area contributed by atoms with Crippen molar-refractivity contribution in [3.05, 3.63) is 95.0 Å². The summed E-state index contributed by atoms with van der Waals surface area (Å²) in [5, 5.41) is 0.321.